The van der Waals surface area contributed by atoms with Crippen LogP contribution in [-0.4, -0.2) is 54.9 Å². The number of halogens is 1. The van der Waals surface area contributed by atoms with Crippen LogP contribution in [-0.2, 0) is 9.53 Å². The van der Waals surface area contributed by atoms with E-state index < -0.39 is 12.5 Å². The van der Waals surface area contributed by atoms with Crippen molar-refractivity contribution in [3.05, 3.63) is 29.3 Å². The zero-order valence-electron chi connectivity index (χ0n) is 11.5. The third kappa shape index (κ3) is 4.34. The average molecular weight is 313 g/mol. The van der Waals surface area contributed by atoms with Gasteiger partial charge in [0.25, 0.3) is 0 Å². The van der Waals surface area contributed by atoms with Gasteiger partial charge in [-0.2, -0.15) is 0 Å². The van der Waals surface area contributed by atoms with Gasteiger partial charge >= 0.3 is 12.0 Å². The number of urea groups is 1. The molecule has 1 fully saturated rings. The van der Waals surface area contributed by atoms with Crippen molar-refractivity contribution in [1.82, 2.24) is 4.90 Å². The van der Waals surface area contributed by atoms with Gasteiger partial charge in [0.2, 0.25) is 0 Å². The SMILES string of the molecule is O=C(O)CN(C(=O)N1CCCOCC1)c1ccc(Cl)cc1. The van der Waals surface area contributed by atoms with E-state index in [1.54, 1.807) is 29.2 Å². The van der Waals surface area contributed by atoms with Gasteiger partial charge in [0.05, 0.1) is 6.61 Å². The summed E-state index contributed by atoms with van der Waals surface area (Å²) in [7, 11) is 0. The Morgan fingerprint density at radius 2 is 1.95 bits per heavy atom. The molecule has 0 spiro atoms. The number of nitrogens with zero attached hydrogens (tertiary/aromatic N) is 2. The van der Waals surface area contributed by atoms with Gasteiger partial charge in [-0.15, -0.1) is 0 Å². The first-order valence-electron chi connectivity index (χ1n) is 6.69. The minimum Gasteiger partial charge on any atom is -0.480 e. The molecule has 1 saturated heterocycles. The van der Waals surface area contributed by atoms with E-state index in [9.17, 15) is 9.59 Å². The molecule has 1 aliphatic heterocycles. The maximum Gasteiger partial charge on any atom is 0.325 e. The van der Waals surface area contributed by atoms with E-state index in [1.165, 1.54) is 4.90 Å². The predicted molar refractivity (Wildman–Crippen MR) is 78.8 cm³/mol. The summed E-state index contributed by atoms with van der Waals surface area (Å²) in [5, 5.41) is 9.57. The summed E-state index contributed by atoms with van der Waals surface area (Å²) in [5.41, 5.74) is 0.511. The summed E-state index contributed by atoms with van der Waals surface area (Å²) < 4.78 is 5.31. The van der Waals surface area contributed by atoms with E-state index in [0.29, 0.717) is 37.0 Å². The number of anilines is 1. The number of carboxylic acids is 1. The Morgan fingerprint density at radius 3 is 2.62 bits per heavy atom. The first-order chi connectivity index (χ1) is 10.1. The molecule has 114 valence electrons. The lowest BCUT2D eigenvalue weighted by Gasteiger charge is -2.28. The maximum atomic E-state index is 12.6. The number of hydrogen-bond acceptors (Lipinski definition) is 3. The minimum atomic E-state index is -1.07. The number of ether oxygens (including phenoxy) is 1. The lowest BCUT2D eigenvalue weighted by atomic mass is 10.3. The van der Waals surface area contributed by atoms with Crippen LogP contribution in [0.15, 0.2) is 24.3 Å². The van der Waals surface area contributed by atoms with Crippen molar-refractivity contribution < 1.29 is 19.4 Å². The third-order valence-electron chi connectivity index (χ3n) is 3.16. The third-order valence-corrected chi connectivity index (χ3v) is 3.41. The summed E-state index contributed by atoms with van der Waals surface area (Å²) >= 11 is 5.83. The van der Waals surface area contributed by atoms with Crippen molar-refractivity contribution >= 4 is 29.3 Å². The van der Waals surface area contributed by atoms with Crippen LogP contribution in [0, 0.1) is 0 Å². The number of amides is 2. The van der Waals surface area contributed by atoms with Gasteiger partial charge < -0.3 is 14.7 Å². The van der Waals surface area contributed by atoms with E-state index in [0.717, 1.165) is 6.42 Å². The van der Waals surface area contributed by atoms with Crippen molar-refractivity contribution in [3.8, 4) is 0 Å². The number of carbonyl (C=O) groups is 2. The largest absolute Gasteiger partial charge is 0.480 e. The van der Waals surface area contributed by atoms with Crippen LogP contribution < -0.4 is 4.90 Å². The summed E-state index contributed by atoms with van der Waals surface area (Å²) in [4.78, 5) is 26.5. The van der Waals surface area contributed by atoms with Gasteiger partial charge in [-0.1, -0.05) is 11.6 Å². The molecule has 6 nitrogen and oxygen atoms in total. The van der Waals surface area contributed by atoms with E-state index >= 15 is 0 Å². The van der Waals surface area contributed by atoms with Gasteiger partial charge in [-0.3, -0.25) is 9.69 Å². The molecule has 2 amide bonds. The first kappa shape index (κ1) is 15.6. The van der Waals surface area contributed by atoms with Crippen LogP contribution in [0.5, 0.6) is 0 Å². The topological polar surface area (TPSA) is 70.1 Å². The van der Waals surface area contributed by atoms with Crippen molar-refractivity contribution in [1.29, 1.82) is 0 Å². The molecule has 0 saturated carbocycles. The highest BCUT2D eigenvalue weighted by Gasteiger charge is 2.25. The maximum absolute atomic E-state index is 12.6. The summed E-state index contributed by atoms with van der Waals surface area (Å²) in [6.45, 7) is 1.71. The van der Waals surface area contributed by atoms with Crippen molar-refractivity contribution in [2.75, 3.05) is 37.7 Å². The number of rotatable bonds is 3. The summed E-state index contributed by atoms with van der Waals surface area (Å²) in [5.74, 6) is -1.07. The van der Waals surface area contributed by atoms with Crippen molar-refractivity contribution in [3.63, 3.8) is 0 Å². The van der Waals surface area contributed by atoms with Crippen LogP contribution in [0.25, 0.3) is 0 Å². The molecule has 0 aromatic heterocycles. The molecule has 0 bridgehead atoms. The fraction of sp³-hybridized carbons (Fsp3) is 0.429. The quantitative estimate of drug-likeness (QED) is 0.927. The lowest BCUT2D eigenvalue weighted by Crippen LogP contribution is -2.46. The Kier molecular flexibility index (Phi) is 5.41. The molecule has 0 atom stereocenters. The van der Waals surface area contributed by atoms with Crippen molar-refractivity contribution in [2.45, 2.75) is 6.42 Å². The van der Waals surface area contributed by atoms with Crippen LogP contribution in [0.3, 0.4) is 0 Å². The van der Waals surface area contributed by atoms with Crippen LogP contribution in [0.4, 0.5) is 10.5 Å². The molecule has 1 aromatic rings. The molecule has 2 rings (SSSR count). The number of hydrogen-bond donors (Lipinski definition) is 1. The van der Waals surface area contributed by atoms with E-state index in [2.05, 4.69) is 0 Å². The normalized spacial score (nSPS) is 15.4. The predicted octanol–water partition coefficient (Wildman–Crippen LogP) is 2.07. The highest BCUT2D eigenvalue weighted by molar-refractivity contribution is 6.30. The zero-order chi connectivity index (χ0) is 15.2. The highest BCUT2D eigenvalue weighted by Crippen LogP contribution is 2.19. The summed E-state index contributed by atoms with van der Waals surface area (Å²) in [6.07, 6.45) is 0.743. The Morgan fingerprint density at radius 1 is 1.24 bits per heavy atom. The second kappa shape index (κ2) is 7.28. The van der Waals surface area contributed by atoms with Crippen LogP contribution >= 0.6 is 11.6 Å². The number of carbonyl (C=O) groups excluding carboxylic acids is 1. The zero-order valence-corrected chi connectivity index (χ0v) is 12.3. The molecular formula is C14H17ClN2O4. The molecule has 0 aliphatic carbocycles. The molecular weight excluding hydrogens is 296 g/mol. The van der Waals surface area contributed by atoms with Gasteiger partial charge in [0.1, 0.15) is 6.54 Å². The molecule has 0 unspecified atom stereocenters. The van der Waals surface area contributed by atoms with Crippen molar-refractivity contribution in [2.24, 2.45) is 0 Å². The van der Waals surface area contributed by atoms with E-state index in [4.69, 9.17) is 21.4 Å². The summed E-state index contributed by atoms with van der Waals surface area (Å²) in [6, 6.07) is 6.20. The molecule has 1 aliphatic rings. The van der Waals surface area contributed by atoms with Gasteiger partial charge in [0.15, 0.2) is 0 Å². The fourth-order valence-corrected chi connectivity index (χ4v) is 2.26. The fourth-order valence-electron chi connectivity index (χ4n) is 2.13. The molecule has 21 heavy (non-hydrogen) atoms. The average Bonchev–Trinajstić information content (AvgIpc) is 2.74. The van der Waals surface area contributed by atoms with Crippen LogP contribution in [0.2, 0.25) is 5.02 Å². The van der Waals surface area contributed by atoms with E-state index in [-0.39, 0.29) is 6.03 Å². The first-order valence-corrected chi connectivity index (χ1v) is 7.07. The van der Waals surface area contributed by atoms with E-state index in [1.807, 2.05) is 0 Å². The molecule has 0 radical (unpaired) electrons. The number of carboxylic acid groups (broad SMARTS) is 1. The number of aliphatic carboxylic acids is 1. The Bertz CT molecular complexity index is 498. The second-order valence-corrected chi connectivity index (χ2v) is 5.13. The molecule has 1 heterocycles. The van der Waals surface area contributed by atoms with Gasteiger partial charge in [-0.25, -0.2) is 4.79 Å². The smallest absolute Gasteiger partial charge is 0.325 e. The molecule has 1 N–H and O–H groups in total. The molecule has 1 aromatic carbocycles. The molecule has 7 heteroatoms. The van der Waals surface area contributed by atoms with Gasteiger partial charge in [-0.05, 0) is 30.7 Å². The monoisotopic (exact) mass is 312 g/mol. The Balaban J connectivity index is 2.19. The lowest BCUT2D eigenvalue weighted by molar-refractivity contribution is -0.135. The minimum absolute atomic E-state index is 0.328. The standard InChI is InChI=1S/C14H17ClN2O4/c15-11-2-4-12(5-3-11)17(10-13(18)19)14(20)16-6-1-8-21-9-7-16/h2-5H,1,6-10H2,(H,18,19). The second-order valence-electron chi connectivity index (χ2n) is 4.69. The Labute approximate surface area is 127 Å². The number of benzene rings is 1. The Hall–Kier alpha value is -1.79. The van der Waals surface area contributed by atoms with Gasteiger partial charge in [0, 0.05) is 30.4 Å². The highest BCUT2D eigenvalue weighted by atomic mass is 35.5. The van der Waals surface area contributed by atoms with Crippen LogP contribution in [0.1, 0.15) is 6.42 Å².